The molecule has 18 heavy (non-hydrogen) atoms. The summed E-state index contributed by atoms with van der Waals surface area (Å²) < 4.78 is 0. The second kappa shape index (κ2) is 6.91. The first kappa shape index (κ1) is 15.2. The van der Waals surface area contributed by atoms with Crippen LogP contribution in [-0.4, -0.2) is 31.6 Å². The van der Waals surface area contributed by atoms with E-state index in [1.54, 1.807) is 0 Å². The molecule has 0 heterocycles. The summed E-state index contributed by atoms with van der Waals surface area (Å²) in [7, 11) is 4.27. The molecule has 0 aromatic heterocycles. The van der Waals surface area contributed by atoms with Crippen molar-refractivity contribution < 1.29 is 0 Å². The number of rotatable bonds is 6. The van der Waals surface area contributed by atoms with Gasteiger partial charge in [-0.1, -0.05) is 32.0 Å². The molecule has 2 nitrogen and oxygen atoms in total. The van der Waals surface area contributed by atoms with Crippen LogP contribution in [-0.2, 0) is 6.54 Å². The lowest BCUT2D eigenvalue weighted by Gasteiger charge is -2.26. The highest BCUT2D eigenvalue weighted by atomic mass is 15.1. The van der Waals surface area contributed by atoms with Crippen LogP contribution in [0.25, 0.3) is 0 Å². The Labute approximate surface area is 112 Å². The van der Waals surface area contributed by atoms with Gasteiger partial charge in [-0.25, -0.2) is 0 Å². The standard InChI is InChI=1S/C16H28N2/c1-12(2)16(11-18(5)6)17-10-15-9-7-8-13(3)14(15)4/h7-9,12,16-17H,10-11H2,1-6H3. The molecule has 0 saturated carbocycles. The third kappa shape index (κ3) is 4.43. The van der Waals surface area contributed by atoms with Crippen LogP contribution in [0.15, 0.2) is 18.2 Å². The van der Waals surface area contributed by atoms with Crippen molar-refractivity contribution in [3.63, 3.8) is 0 Å². The van der Waals surface area contributed by atoms with Gasteiger partial charge in [0.1, 0.15) is 0 Å². The van der Waals surface area contributed by atoms with E-state index in [0.717, 1.165) is 13.1 Å². The molecule has 102 valence electrons. The smallest absolute Gasteiger partial charge is 0.0220 e. The summed E-state index contributed by atoms with van der Waals surface area (Å²) in [6, 6.07) is 7.09. The average molecular weight is 248 g/mol. The van der Waals surface area contributed by atoms with Gasteiger partial charge in [-0.3, -0.25) is 0 Å². The second-order valence-electron chi connectivity index (χ2n) is 5.85. The molecule has 1 aromatic carbocycles. The predicted molar refractivity (Wildman–Crippen MR) is 79.9 cm³/mol. The lowest BCUT2D eigenvalue weighted by Crippen LogP contribution is -2.41. The maximum Gasteiger partial charge on any atom is 0.0220 e. The van der Waals surface area contributed by atoms with Gasteiger partial charge in [0.15, 0.2) is 0 Å². The molecule has 0 aliphatic heterocycles. The van der Waals surface area contributed by atoms with E-state index in [2.05, 4.69) is 70.2 Å². The minimum atomic E-state index is 0.542. The Morgan fingerprint density at radius 3 is 2.39 bits per heavy atom. The van der Waals surface area contributed by atoms with Crippen LogP contribution in [0.3, 0.4) is 0 Å². The topological polar surface area (TPSA) is 15.3 Å². The fourth-order valence-electron chi connectivity index (χ4n) is 2.15. The van der Waals surface area contributed by atoms with Gasteiger partial charge in [0.05, 0.1) is 0 Å². The largest absolute Gasteiger partial charge is 0.308 e. The van der Waals surface area contributed by atoms with E-state index >= 15 is 0 Å². The molecule has 2 heteroatoms. The maximum atomic E-state index is 3.69. The first-order chi connectivity index (χ1) is 8.41. The van der Waals surface area contributed by atoms with Crippen molar-refractivity contribution in [3.05, 3.63) is 34.9 Å². The summed E-state index contributed by atoms with van der Waals surface area (Å²) in [6.45, 7) is 11.0. The summed E-state index contributed by atoms with van der Waals surface area (Å²) in [4.78, 5) is 2.25. The van der Waals surface area contributed by atoms with Crippen molar-refractivity contribution in [3.8, 4) is 0 Å². The molecule has 0 aliphatic rings. The Morgan fingerprint density at radius 1 is 1.17 bits per heavy atom. The summed E-state index contributed by atoms with van der Waals surface area (Å²) in [6.07, 6.45) is 0. The highest BCUT2D eigenvalue weighted by molar-refractivity contribution is 5.32. The van der Waals surface area contributed by atoms with Crippen molar-refractivity contribution in [2.45, 2.75) is 40.3 Å². The first-order valence-electron chi connectivity index (χ1n) is 6.85. The van der Waals surface area contributed by atoms with Gasteiger partial charge in [-0.15, -0.1) is 0 Å². The van der Waals surface area contributed by atoms with Crippen LogP contribution < -0.4 is 5.32 Å². The zero-order valence-electron chi connectivity index (χ0n) is 12.7. The van der Waals surface area contributed by atoms with E-state index in [-0.39, 0.29) is 0 Å². The highest BCUT2D eigenvalue weighted by Gasteiger charge is 2.14. The van der Waals surface area contributed by atoms with Crippen LogP contribution in [0.4, 0.5) is 0 Å². The molecule has 1 rings (SSSR count). The lowest BCUT2D eigenvalue weighted by atomic mass is 10.0. The molecule has 0 amide bonds. The van der Waals surface area contributed by atoms with Crippen molar-refractivity contribution in [2.75, 3.05) is 20.6 Å². The zero-order chi connectivity index (χ0) is 13.7. The van der Waals surface area contributed by atoms with Crippen molar-refractivity contribution in [2.24, 2.45) is 5.92 Å². The van der Waals surface area contributed by atoms with Gasteiger partial charge < -0.3 is 10.2 Å². The monoisotopic (exact) mass is 248 g/mol. The number of hydrogen-bond donors (Lipinski definition) is 1. The van der Waals surface area contributed by atoms with Gasteiger partial charge in [-0.05, 0) is 50.6 Å². The summed E-state index contributed by atoms with van der Waals surface area (Å²) in [5, 5.41) is 3.69. The van der Waals surface area contributed by atoms with Crippen LogP contribution in [0, 0.1) is 19.8 Å². The SMILES string of the molecule is Cc1cccc(CNC(CN(C)C)C(C)C)c1C. The van der Waals surface area contributed by atoms with E-state index in [9.17, 15) is 0 Å². The van der Waals surface area contributed by atoms with E-state index in [4.69, 9.17) is 0 Å². The zero-order valence-corrected chi connectivity index (χ0v) is 12.7. The number of nitrogens with zero attached hydrogens (tertiary/aromatic N) is 1. The van der Waals surface area contributed by atoms with Gasteiger partial charge in [0.25, 0.3) is 0 Å². The van der Waals surface area contributed by atoms with E-state index < -0.39 is 0 Å². The molecule has 0 spiro atoms. The molecule has 1 aromatic rings. The van der Waals surface area contributed by atoms with Crippen molar-refractivity contribution in [1.82, 2.24) is 10.2 Å². The third-order valence-electron chi connectivity index (χ3n) is 3.64. The fourth-order valence-corrected chi connectivity index (χ4v) is 2.15. The fraction of sp³-hybridized carbons (Fsp3) is 0.625. The lowest BCUT2D eigenvalue weighted by molar-refractivity contribution is 0.288. The molecule has 0 bridgehead atoms. The minimum Gasteiger partial charge on any atom is -0.308 e. The summed E-state index contributed by atoms with van der Waals surface area (Å²) in [5.74, 6) is 0.650. The van der Waals surface area contributed by atoms with Crippen LogP contribution >= 0.6 is 0 Å². The number of hydrogen-bond acceptors (Lipinski definition) is 2. The van der Waals surface area contributed by atoms with Crippen LogP contribution in [0.5, 0.6) is 0 Å². The molecular formula is C16H28N2. The average Bonchev–Trinajstić information content (AvgIpc) is 2.28. The molecule has 0 aliphatic carbocycles. The molecule has 1 unspecified atom stereocenters. The first-order valence-corrected chi connectivity index (χ1v) is 6.85. The van der Waals surface area contributed by atoms with Gasteiger partial charge >= 0.3 is 0 Å². The molecular weight excluding hydrogens is 220 g/mol. The summed E-state index contributed by atoms with van der Waals surface area (Å²) in [5.41, 5.74) is 4.21. The second-order valence-corrected chi connectivity index (χ2v) is 5.85. The predicted octanol–water partition coefficient (Wildman–Crippen LogP) is 2.98. The number of aryl methyl sites for hydroxylation is 1. The quantitative estimate of drug-likeness (QED) is 0.832. The normalized spacial score (nSPS) is 13.3. The number of likely N-dealkylation sites (N-methyl/N-ethyl adjacent to an activating group) is 1. The van der Waals surface area contributed by atoms with Gasteiger partial charge in [-0.2, -0.15) is 0 Å². The summed E-state index contributed by atoms with van der Waals surface area (Å²) >= 11 is 0. The molecule has 0 fully saturated rings. The van der Waals surface area contributed by atoms with E-state index in [0.29, 0.717) is 12.0 Å². The van der Waals surface area contributed by atoms with E-state index in [1.165, 1.54) is 16.7 Å². The Hall–Kier alpha value is -0.860. The maximum absolute atomic E-state index is 3.69. The van der Waals surface area contributed by atoms with Crippen molar-refractivity contribution >= 4 is 0 Å². The van der Waals surface area contributed by atoms with Gasteiger partial charge in [0.2, 0.25) is 0 Å². The Morgan fingerprint density at radius 2 is 1.83 bits per heavy atom. The molecule has 0 saturated heterocycles. The molecule has 1 N–H and O–H groups in total. The van der Waals surface area contributed by atoms with Gasteiger partial charge in [0, 0.05) is 19.1 Å². The molecule has 0 radical (unpaired) electrons. The Balaban J connectivity index is 2.64. The number of benzene rings is 1. The van der Waals surface area contributed by atoms with Crippen LogP contribution in [0.2, 0.25) is 0 Å². The van der Waals surface area contributed by atoms with Crippen LogP contribution in [0.1, 0.15) is 30.5 Å². The third-order valence-corrected chi connectivity index (χ3v) is 3.64. The highest BCUT2D eigenvalue weighted by Crippen LogP contribution is 2.13. The van der Waals surface area contributed by atoms with E-state index in [1.807, 2.05) is 0 Å². The number of nitrogens with one attached hydrogen (secondary N) is 1. The Bertz CT molecular complexity index is 369. The minimum absolute atomic E-state index is 0.542. The Kier molecular flexibility index (Phi) is 5.83. The van der Waals surface area contributed by atoms with Crippen molar-refractivity contribution in [1.29, 1.82) is 0 Å². The molecule has 1 atom stereocenters.